The summed E-state index contributed by atoms with van der Waals surface area (Å²) < 4.78 is 13.8. The Morgan fingerprint density at radius 3 is 2.48 bits per heavy atom. The first kappa shape index (κ1) is 17.2. The molecule has 0 atom stereocenters. The molecule has 23 heavy (non-hydrogen) atoms. The van der Waals surface area contributed by atoms with Gasteiger partial charge in [-0.25, -0.2) is 4.39 Å². The Morgan fingerprint density at radius 2 is 1.87 bits per heavy atom. The summed E-state index contributed by atoms with van der Waals surface area (Å²) in [4.78, 5) is 23.3. The highest BCUT2D eigenvalue weighted by molar-refractivity contribution is 5.94. The van der Waals surface area contributed by atoms with Crippen LogP contribution >= 0.6 is 0 Å². The summed E-state index contributed by atoms with van der Waals surface area (Å²) in [5, 5.41) is 5.91. The van der Waals surface area contributed by atoms with E-state index in [1.807, 2.05) is 0 Å². The molecule has 6 heteroatoms. The average molecular weight is 321 g/mol. The minimum absolute atomic E-state index is 0.0407. The molecule has 0 saturated heterocycles. The lowest BCUT2D eigenvalue weighted by molar-refractivity contribution is -0.120. The molecule has 1 aromatic rings. The van der Waals surface area contributed by atoms with E-state index in [1.165, 1.54) is 18.9 Å². The van der Waals surface area contributed by atoms with Crippen LogP contribution in [0.4, 0.5) is 10.1 Å². The molecule has 0 aliphatic heterocycles. The van der Waals surface area contributed by atoms with E-state index in [2.05, 4.69) is 10.6 Å². The van der Waals surface area contributed by atoms with Gasteiger partial charge < -0.3 is 16.4 Å². The molecule has 0 aromatic heterocycles. The predicted octanol–water partition coefficient (Wildman–Crippen LogP) is 2.48. The number of carbonyl (C=O) groups excluding carboxylic acids is 2. The highest BCUT2D eigenvalue weighted by Gasteiger charge is 2.15. The van der Waals surface area contributed by atoms with Gasteiger partial charge in [-0.05, 0) is 31.9 Å². The Labute approximate surface area is 135 Å². The number of benzene rings is 1. The maximum Gasteiger partial charge on any atom is 0.248 e. The second kappa shape index (κ2) is 7.94. The van der Waals surface area contributed by atoms with E-state index < -0.39 is 11.7 Å². The van der Waals surface area contributed by atoms with Gasteiger partial charge in [-0.1, -0.05) is 25.7 Å². The number of hydrogen-bond acceptors (Lipinski definition) is 3. The van der Waals surface area contributed by atoms with Gasteiger partial charge in [0.05, 0.1) is 6.54 Å². The number of primary amides is 1. The molecule has 0 unspecified atom stereocenters. The lowest BCUT2D eigenvalue weighted by atomic mass is 10.1. The van der Waals surface area contributed by atoms with Crippen molar-refractivity contribution in [3.63, 3.8) is 0 Å². The van der Waals surface area contributed by atoms with Gasteiger partial charge in [0, 0.05) is 22.9 Å². The van der Waals surface area contributed by atoms with Gasteiger partial charge in [-0.2, -0.15) is 0 Å². The van der Waals surface area contributed by atoms with Crippen LogP contribution < -0.4 is 16.4 Å². The lowest BCUT2D eigenvalue weighted by Gasteiger charge is -2.17. The van der Waals surface area contributed by atoms with Crippen molar-refractivity contribution in [2.45, 2.75) is 51.5 Å². The Hall–Kier alpha value is -2.11. The van der Waals surface area contributed by atoms with Crippen LogP contribution in [-0.2, 0) is 4.79 Å². The molecule has 0 heterocycles. The van der Waals surface area contributed by atoms with E-state index >= 15 is 0 Å². The van der Waals surface area contributed by atoms with Crippen LogP contribution in [0.1, 0.15) is 54.4 Å². The Bertz CT molecular complexity index is 581. The zero-order valence-corrected chi connectivity index (χ0v) is 13.5. The smallest absolute Gasteiger partial charge is 0.248 e. The van der Waals surface area contributed by atoms with Gasteiger partial charge >= 0.3 is 0 Å². The number of nitrogens with one attached hydrogen (secondary N) is 2. The normalized spacial score (nSPS) is 15.7. The zero-order valence-electron chi connectivity index (χ0n) is 13.5. The minimum Gasteiger partial charge on any atom is -0.376 e. The molecule has 0 bridgehead atoms. The van der Waals surface area contributed by atoms with Crippen LogP contribution in [-0.4, -0.2) is 24.4 Å². The number of hydrogen-bond donors (Lipinski definition) is 3. The number of amides is 2. The molecule has 2 amide bonds. The summed E-state index contributed by atoms with van der Waals surface area (Å²) in [6, 6.07) is 2.80. The van der Waals surface area contributed by atoms with Gasteiger partial charge in [-0.15, -0.1) is 0 Å². The summed E-state index contributed by atoms with van der Waals surface area (Å²) in [5.41, 5.74) is 6.04. The zero-order chi connectivity index (χ0) is 16.8. The Morgan fingerprint density at radius 1 is 1.22 bits per heavy atom. The fourth-order valence-corrected chi connectivity index (χ4v) is 2.88. The van der Waals surface area contributed by atoms with Crippen molar-refractivity contribution in [1.29, 1.82) is 0 Å². The van der Waals surface area contributed by atoms with E-state index in [-0.39, 0.29) is 24.1 Å². The molecule has 1 saturated carbocycles. The fourth-order valence-electron chi connectivity index (χ4n) is 2.88. The van der Waals surface area contributed by atoms with Crippen molar-refractivity contribution in [2.75, 3.05) is 11.9 Å². The average Bonchev–Trinajstić information content (AvgIpc) is 2.77. The summed E-state index contributed by atoms with van der Waals surface area (Å²) in [7, 11) is 0. The van der Waals surface area contributed by atoms with Crippen molar-refractivity contribution in [1.82, 2.24) is 5.32 Å². The topological polar surface area (TPSA) is 84.2 Å². The second-order valence-corrected chi connectivity index (χ2v) is 6.10. The van der Waals surface area contributed by atoms with Crippen LogP contribution in [0.25, 0.3) is 0 Å². The van der Waals surface area contributed by atoms with Crippen molar-refractivity contribution in [3.05, 3.63) is 29.1 Å². The van der Waals surface area contributed by atoms with E-state index in [9.17, 15) is 14.0 Å². The molecule has 0 radical (unpaired) electrons. The van der Waals surface area contributed by atoms with Crippen LogP contribution in [0.5, 0.6) is 0 Å². The van der Waals surface area contributed by atoms with Crippen LogP contribution in [0.2, 0.25) is 0 Å². The van der Waals surface area contributed by atoms with E-state index in [4.69, 9.17) is 5.73 Å². The van der Waals surface area contributed by atoms with Crippen molar-refractivity contribution in [2.24, 2.45) is 5.73 Å². The first-order valence-electron chi connectivity index (χ1n) is 8.10. The Balaban J connectivity index is 1.94. The molecule has 126 valence electrons. The number of nitrogens with two attached hydrogens (primary N) is 1. The van der Waals surface area contributed by atoms with Crippen LogP contribution in [0, 0.1) is 12.7 Å². The molecule has 0 spiro atoms. The van der Waals surface area contributed by atoms with Crippen molar-refractivity contribution < 1.29 is 14.0 Å². The monoisotopic (exact) mass is 321 g/mol. The molecule has 5 nitrogen and oxygen atoms in total. The first-order chi connectivity index (χ1) is 11.0. The molecule has 1 aliphatic carbocycles. The minimum atomic E-state index is -0.699. The molecule has 2 rings (SSSR count). The maximum absolute atomic E-state index is 13.8. The third-order valence-electron chi connectivity index (χ3n) is 4.29. The van der Waals surface area contributed by atoms with E-state index in [1.54, 1.807) is 6.92 Å². The molecular weight excluding hydrogens is 297 g/mol. The van der Waals surface area contributed by atoms with E-state index in [0.717, 1.165) is 31.7 Å². The number of carbonyl (C=O) groups is 2. The van der Waals surface area contributed by atoms with Crippen molar-refractivity contribution in [3.8, 4) is 0 Å². The number of anilines is 1. The molecular formula is C17H24FN3O2. The molecule has 1 aromatic carbocycles. The highest BCUT2D eigenvalue weighted by atomic mass is 19.1. The fraction of sp³-hybridized carbons (Fsp3) is 0.529. The first-order valence-corrected chi connectivity index (χ1v) is 8.10. The number of halogens is 1. The lowest BCUT2D eigenvalue weighted by Crippen LogP contribution is -2.38. The quantitative estimate of drug-likeness (QED) is 0.729. The van der Waals surface area contributed by atoms with Crippen LogP contribution in [0.15, 0.2) is 12.1 Å². The summed E-state index contributed by atoms with van der Waals surface area (Å²) in [6.45, 7) is 1.63. The highest BCUT2D eigenvalue weighted by Crippen LogP contribution is 2.21. The molecule has 4 N–H and O–H groups in total. The summed E-state index contributed by atoms with van der Waals surface area (Å²) in [6.07, 6.45) is 6.76. The van der Waals surface area contributed by atoms with Gasteiger partial charge in [0.15, 0.2) is 0 Å². The van der Waals surface area contributed by atoms with Gasteiger partial charge in [0.25, 0.3) is 0 Å². The molecule has 1 aliphatic rings. The van der Waals surface area contributed by atoms with Crippen molar-refractivity contribution >= 4 is 17.5 Å². The van der Waals surface area contributed by atoms with Gasteiger partial charge in [-0.3, -0.25) is 9.59 Å². The van der Waals surface area contributed by atoms with Crippen LogP contribution in [0.3, 0.4) is 0 Å². The SMILES string of the molecule is Cc1c(F)cc(C(N)=O)cc1NCC(=O)NC1CCCCCC1. The molecule has 1 fully saturated rings. The van der Waals surface area contributed by atoms with E-state index in [0.29, 0.717) is 11.3 Å². The largest absolute Gasteiger partial charge is 0.376 e. The Kier molecular flexibility index (Phi) is 5.96. The third-order valence-corrected chi connectivity index (χ3v) is 4.29. The predicted molar refractivity (Wildman–Crippen MR) is 87.8 cm³/mol. The standard InChI is InChI=1S/C17H24FN3O2/c1-11-14(18)8-12(17(19)23)9-15(11)20-10-16(22)21-13-6-4-2-3-5-7-13/h8-9,13,20H,2-7,10H2,1H3,(H2,19,23)(H,21,22). The second-order valence-electron chi connectivity index (χ2n) is 6.10. The van der Waals surface area contributed by atoms with Gasteiger partial charge in [0.2, 0.25) is 11.8 Å². The number of rotatable bonds is 5. The third kappa shape index (κ3) is 4.94. The summed E-state index contributed by atoms with van der Waals surface area (Å²) in [5.74, 6) is -1.34. The summed E-state index contributed by atoms with van der Waals surface area (Å²) >= 11 is 0. The maximum atomic E-state index is 13.8. The van der Waals surface area contributed by atoms with Gasteiger partial charge in [0.1, 0.15) is 5.82 Å².